The number of nitrogens with one attached hydrogen (secondary N) is 4. The average molecular weight is 440 g/mol. The molecule has 158 valence electrons. The van der Waals surface area contributed by atoms with Gasteiger partial charge in [-0.05, 0) is 31.2 Å². The molecule has 1 aromatic heterocycles. The fourth-order valence-corrected chi connectivity index (χ4v) is 2.74. The highest BCUT2D eigenvalue weighted by Gasteiger charge is 2.24. The van der Waals surface area contributed by atoms with Crippen LogP contribution >= 0.6 is 11.6 Å². The van der Waals surface area contributed by atoms with Crippen LogP contribution in [0.15, 0.2) is 35.4 Å². The van der Waals surface area contributed by atoms with Gasteiger partial charge in [0.05, 0.1) is 10.6 Å². The van der Waals surface area contributed by atoms with Gasteiger partial charge in [-0.25, -0.2) is 10.5 Å². The van der Waals surface area contributed by atoms with E-state index in [1.165, 1.54) is 17.1 Å². The number of amides is 2. The van der Waals surface area contributed by atoms with Crippen LogP contribution in [-0.4, -0.2) is 41.4 Å². The molecule has 2 amide bonds. The molecule has 13 heteroatoms. The number of hydrogen-bond donors (Lipinski definition) is 4. The van der Waals surface area contributed by atoms with E-state index >= 15 is 0 Å². The number of hydrazine groups is 2. The first-order valence-electron chi connectivity index (χ1n) is 8.42. The third-order valence-corrected chi connectivity index (χ3v) is 4.24. The zero-order chi connectivity index (χ0) is 21.8. The molecule has 0 radical (unpaired) electrons. The van der Waals surface area contributed by atoms with E-state index in [2.05, 4.69) is 36.5 Å². The van der Waals surface area contributed by atoms with Crippen LogP contribution in [-0.2, 0) is 0 Å². The molecule has 0 bridgehead atoms. The number of rotatable bonds is 5. The summed E-state index contributed by atoms with van der Waals surface area (Å²) in [6, 6.07) is 7.02. The van der Waals surface area contributed by atoms with Gasteiger partial charge in [-0.2, -0.15) is 8.78 Å². The van der Waals surface area contributed by atoms with Crippen LogP contribution < -0.4 is 26.4 Å². The number of benzene rings is 1. The van der Waals surface area contributed by atoms with Gasteiger partial charge in [-0.1, -0.05) is 17.7 Å². The number of aromatic nitrogens is 1. The summed E-state index contributed by atoms with van der Waals surface area (Å²) in [7, 11) is 1.58. The van der Waals surface area contributed by atoms with E-state index in [1.807, 2.05) is 0 Å². The zero-order valence-corrected chi connectivity index (χ0v) is 16.4. The summed E-state index contributed by atoms with van der Waals surface area (Å²) < 4.78 is 30.1. The minimum Gasteiger partial charge on any atom is -0.433 e. The number of alkyl halides is 2. The van der Waals surface area contributed by atoms with Crippen molar-refractivity contribution < 1.29 is 23.1 Å². The van der Waals surface area contributed by atoms with E-state index in [9.17, 15) is 18.4 Å². The lowest BCUT2D eigenvalue weighted by Crippen LogP contribution is -2.45. The number of ether oxygens (including phenoxy) is 1. The molecule has 2 aromatic rings. The number of hydrogen-bond acceptors (Lipinski definition) is 8. The molecule has 30 heavy (non-hydrogen) atoms. The molecular formula is C17H16ClF2N7O3. The second kappa shape index (κ2) is 8.88. The highest BCUT2D eigenvalue weighted by molar-refractivity contribution is 6.37. The SMILES string of the molecule is Cc1cccc(C(=O)Nc2c(OC(F)F)ccc(C(=O)NC3=NNNN3C)c2Cl)n1. The Labute approximate surface area is 174 Å². The molecule has 0 saturated heterocycles. The van der Waals surface area contributed by atoms with Gasteiger partial charge < -0.3 is 10.1 Å². The largest absolute Gasteiger partial charge is 0.433 e. The molecular weight excluding hydrogens is 424 g/mol. The lowest BCUT2D eigenvalue weighted by Gasteiger charge is -2.17. The van der Waals surface area contributed by atoms with Crippen LogP contribution in [0.3, 0.4) is 0 Å². The smallest absolute Gasteiger partial charge is 0.387 e. The first-order chi connectivity index (χ1) is 14.3. The highest BCUT2D eigenvalue weighted by atomic mass is 35.5. The van der Waals surface area contributed by atoms with E-state index < -0.39 is 24.2 Å². The summed E-state index contributed by atoms with van der Waals surface area (Å²) in [4.78, 5) is 29.2. The monoisotopic (exact) mass is 439 g/mol. The van der Waals surface area contributed by atoms with Gasteiger partial charge in [0.2, 0.25) is 5.96 Å². The van der Waals surface area contributed by atoms with Crippen LogP contribution in [0.2, 0.25) is 5.02 Å². The maximum absolute atomic E-state index is 12.8. The Morgan fingerprint density at radius 3 is 2.60 bits per heavy atom. The molecule has 10 nitrogen and oxygen atoms in total. The van der Waals surface area contributed by atoms with E-state index in [-0.39, 0.29) is 27.9 Å². The topological polar surface area (TPSA) is 120 Å². The molecule has 0 spiro atoms. The number of halogens is 3. The highest BCUT2D eigenvalue weighted by Crippen LogP contribution is 2.36. The third-order valence-electron chi connectivity index (χ3n) is 3.85. The van der Waals surface area contributed by atoms with Gasteiger partial charge in [0.15, 0.2) is 5.75 Å². The molecule has 1 aromatic carbocycles. The predicted octanol–water partition coefficient (Wildman–Crippen LogP) is 1.85. The van der Waals surface area contributed by atoms with Crippen LogP contribution in [0.5, 0.6) is 5.75 Å². The Hall–Kier alpha value is -3.51. The Kier molecular flexibility index (Phi) is 6.28. The second-order valence-electron chi connectivity index (χ2n) is 5.97. The molecule has 3 rings (SSSR count). The van der Waals surface area contributed by atoms with Crippen molar-refractivity contribution in [1.82, 2.24) is 26.4 Å². The predicted molar refractivity (Wildman–Crippen MR) is 104 cm³/mol. The first kappa shape index (κ1) is 21.2. The maximum Gasteiger partial charge on any atom is 0.387 e. The van der Waals surface area contributed by atoms with Crippen molar-refractivity contribution in [1.29, 1.82) is 0 Å². The Bertz CT molecular complexity index is 1020. The molecule has 0 fully saturated rings. The molecule has 1 aliphatic rings. The van der Waals surface area contributed by atoms with Crippen LogP contribution in [0, 0.1) is 6.92 Å². The number of carbonyl (C=O) groups is 2. The standard InChI is InChI=1S/C17H16ClF2N7O3/c1-8-4-3-5-10(21-8)15(29)22-13-11(30-16(19)20)7-6-9(12(13)18)14(28)23-17-24-25-26-27(17)2/h3-7,16,25-26H,1-2H3,(H,22,29)(H,23,24,28). The summed E-state index contributed by atoms with van der Waals surface area (Å²) in [6.07, 6.45) is 0. The fraction of sp³-hybridized carbons (Fsp3) is 0.176. The van der Waals surface area contributed by atoms with Crippen molar-refractivity contribution >= 4 is 35.1 Å². The van der Waals surface area contributed by atoms with Crippen molar-refractivity contribution in [2.45, 2.75) is 13.5 Å². The van der Waals surface area contributed by atoms with Gasteiger partial charge in [0.1, 0.15) is 11.4 Å². The van der Waals surface area contributed by atoms with Crippen molar-refractivity contribution in [3.8, 4) is 5.75 Å². The van der Waals surface area contributed by atoms with Crippen molar-refractivity contribution in [2.24, 2.45) is 5.10 Å². The quantitative estimate of drug-likeness (QED) is 0.561. The number of pyridine rings is 1. The molecule has 1 aliphatic heterocycles. The van der Waals surface area contributed by atoms with Gasteiger partial charge in [0.25, 0.3) is 11.8 Å². The van der Waals surface area contributed by atoms with Crippen molar-refractivity contribution in [3.05, 3.63) is 52.3 Å². The summed E-state index contributed by atoms with van der Waals surface area (Å²) in [6.45, 7) is -1.49. The number of guanidine groups is 1. The average Bonchev–Trinajstić information content (AvgIpc) is 3.08. The summed E-state index contributed by atoms with van der Waals surface area (Å²) in [5.41, 5.74) is 5.24. The lowest BCUT2D eigenvalue weighted by molar-refractivity contribution is -0.0493. The molecule has 0 unspecified atom stereocenters. The molecule has 2 heterocycles. The van der Waals surface area contributed by atoms with Gasteiger partial charge in [0, 0.05) is 12.7 Å². The van der Waals surface area contributed by atoms with Crippen molar-refractivity contribution in [2.75, 3.05) is 12.4 Å². The van der Waals surface area contributed by atoms with E-state index in [0.717, 1.165) is 6.07 Å². The number of hydrazone groups is 1. The van der Waals surface area contributed by atoms with Crippen LogP contribution in [0.25, 0.3) is 0 Å². The number of anilines is 1. The van der Waals surface area contributed by atoms with Crippen molar-refractivity contribution in [3.63, 3.8) is 0 Å². The Morgan fingerprint density at radius 2 is 1.97 bits per heavy atom. The van der Waals surface area contributed by atoms with E-state index in [1.54, 1.807) is 26.1 Å². The van der Waals surface area contributed by atoms with Gasteiger partial charge in [-0.15, -0.1) is 10.6 Å². The number of carbonyl (C=O) groups excluding carboxylic acids is 2. The minimum absolute atomic E-state index is 0.0306. The molecule has 0 atom stereocenters. The van der Waals surface area contributed by atoms with E-state index in [0.29, 0.717) is 5.69 Å². The van der Waals surface area contributed by atoms with Gasteiger partial charge >= 0.3 is 6.61 Å². The maximum atomic E-state index is 12.8. The zero-order valence-electron chi connectivity index (χ0n) is 15.7. The molecule has 0 saturated carbocycles. The first-order valence-corrected chi connectivity index (χ1v) is 8.80. The summed E-state index contributed by atoms with van der Waals surface area (Å²) >= 11 is 6.27. The fourth-order valence-electron chi connectivity index (χ4n) is 2.45. The van der Waals surface area contributed by atoms with E-state index in [4.69, 9.17) is 11.6 Å². The lowest BCUT2D eigenvalue weighted by atomic mass is 10.1. The molecule has 4 N–H and O–H groups in total. The Morgan fingerprint density at radius 1 is 1.20 bits per heavy atom. The summed E-state index contributed by atoms with van der Waals surface area (Å²) in [5, 5.41) is 9.74. The third kappa shape index (κ3) is 4.72. The Balaban J connectivity index is 1.93. The van der Waals surface area contributed by atoms with Crippen LogP contribution in [0.1, 0.15) is 26.5 Å². The number of aryl methyl sites for hydroxylation is 1. The van der Waals surface area contributed by atoms with Gasteiger partial charge in [-0.3, -0.25) is 19.9 Å². The van der Waals surface area contributed by atoms with Crippen LogP contribution in [0.4, 0.5) is 14.5 Å². The number of nitrogens with zero attached hydrogens (tertiary/aromatic N) is 3. The second-order valence-corrected chi connectivity index (χ2v) is 6.35. The minimum atomic E-state index is -3.17. The normalized spacial score (nSPS) is 13.0. The molecule has 0 aliphatic carbocycles. The summed E-state index contributed by atoms with van der Waals surface area (Å²) in [5.74, 6) is -1.68.